The summed E-state index contributed by atoms with van der Waals surface area (Å²) in [7, 11) is 2.05. The lowest BCUT2D eigenvalue weighted by Gasteiger charge is -2.37. The maximum absolute atomic E-state index is 13.2. The Bertz CT molecular complexity index is 802. The average molecular weight is 347 g/mol. The van der Waals surface area contributed by atoms with E-state index in [-0.39, 0.29) is 23.6 Å². The Balaban J connectivity index is 1.85. The lowest BCUT2D eigenvalue weighted by Crippen LogP contribution is -2.34. The number of phenolic OH excluding ortho intramolecular Hbond substituents is 1. The molecule has 1 saturated heterocycles. The van der Waals surface area contributed by atoms with Crippen molar-refractivity contribution in [2.75, 3.05) is 13.6 Å². The Hall–Kier alpha value is -2.01. The van der Waals surface area contributed by atoms with Gasteiger partial charge in [0, 0.05) is 12.0 Å². The van der Waals surface area contributed by atoms with Crippen LogP contribution in [0.3, 0.4) is 0 Å². The van der Waals surface area contributed by atoms with E-state index in [1.165, 1.54) is 12.1 Å². The fourth-order valence-corrected chi connectivity index (χ4v) is 4.68. The van der Waals surface area contributed by atoms with E-state index >= 15 is 0 Å². The first-order valence-electron chi connectivity index (χ1n) is 8.56. The molecule has 1 N–H and O–H groups in total. The highest BCUT2D eigenvalue weighted by Crippen LogP contribution is 2.55. The largest absolute Gasteiger partial charge is 0.508 e. The molecule has 0 saturated carbocycles. The van der Waals surface area contributed by atoms with Crippen LogP contribution in [-0.4, -0.2) is 23.6 Å². The van der Waals surface area contributed by atoms with Gasteiger partial charge in [0.2, 0.25) is 0 Å². The third kappa shape index (κ3) is 2.71. The first-order valence-corrected chi connectivity index (χ1v) is 8.56. The predicted molar refractivity (Wildman–Crippen MR) is 89.5 cm³/mol. The highest BCUT2D eigenvalue weighted by atomic mass is 19.4. The molecule has 1 fully saturated rings. The van der Waals surface area contributed by atoms with E-state index in [0.717, 1.165) is 36.6 Å². The number of nitrogens with zero attached hydrogens (tertiary/aromatic N) is 1. The number of hydrogen-bond donors (Lipinski definition) is 1. The summed E-state index contributed by atoms with van der Waals surface area (Å²) in [6.07, 6.45) is -2.33. The van der Waals surface area contributed by atoms with Gasteiger partial charge in [0.15, 0.2) is 0 Å². The van der Waals surface area contributed by atoms with Gasteiger partial charge in [0.05, 0.1) is 5.56 Å². The lowest BCUT2D eigenvalue weighted by molar-refractivity contribution is -0.137. The van der Waals surface area contributed by atoms with Crippen molar-refractivity contribution in [1.82, 2.24) is 4.90 Å². The summed E-state index contributed by atoms with van der Waals surface area (Å²) >= 11 is 0. The highest BCUT2D eigenvalue weighted by molar-refractivity contribution is 5.49. The number of aromatic hydroxyl groups is 1. The van der Waals surface area contributed by atoms with Gasteiger partial charge < -0.3 is 5.11 Å². The number of fused-ring (bicyclic) bond motifs is 3. The Morgan fingerprint density at radius 2 is 1.88 bits per heavy atom. The summed E-state index contributed by atoms with van der Waals surface area (Å²) in [5, 5.41) is 9.91. The van der Waals surface area contributed by atoms with E-state index in [1.807, 2.05) is 6.07 Å². The number of hydrogen-bond acceptors (Lipinski definition) is 2. The molecular weight excluding hydrogens is 327 g/mol. The molecule has 1 aliphatic carbocycles. The maximum atomic E-state index is 13.2. The maximum Gasteiger partial charge on any atom is 0.416 e. The molecular formula is C20H20F3NO. The molecule has 0 spiro atoms. The van der Waals surface area contributed by atoms with Gasteiger partial charge in [-0.3, -0.25) is 4.90 Å². The second-order valence-corrected chi connectivity index (χ2v) is 7.15. The zero-order valence-electron chi connectivity index (χ0n) is 13.9. The zero-order valence-corrected chi connectivity index (χ0v) is 13.9. The van der Waals surface area contributed by atoms with Crippen LogP contribution in [0.4, 0.5) is 13.2 Å². The Morgan fingerprint density at radius 1 is 1.08 bits per heavy atom. The minimum absolute atomic E-state index is 0.0642. The smallest absolute Gasteiger partial charge is 0.416 e. The number of halogens is 3. The van der Waals surface area contributed by atoms with Gasteiger partial charge in [-0.15, -0.1) is 0 Å². The molecule has 2 nitrogen and oxygen atoms in total. The van der Waals surface area contributed by atoms with E-state index in [0.29, 0.717) is 5.56 Å². The third-order valence-corrected chi connectivity index (χ3v) is 5.65. The second kappa shape index (κ2) is 5.77. The van der Waals surface area contributed by atoms with E-state index in [1.54, 1.807) is 18.2 Å². The number of phenols is 1. The molecule has 0 bridgehead atoms. The predicted octanol–water partition coefficient (Wildman–Crippen LogP) is 4.94. The molecule has 25 heavy (non-hydrogen) atoms. The minimum atomic E-state index is -4.34. The number of alkyl halides is 3. The van der Waals surface area contributed by atoms with Crippen LogP contribution in [-0.2, 0) is 6.18 Å². The van der Waals surface area contributed by atoms with Crippen molar-refractivity contribution in [2.24, 2.45) is 5.92 Å². The Labute approximate surface area is 144 Å². The van der Waals surface area contributed by atoms with E-state index in [9.17, 15) is 18.3 Å². The van der Waals surface area contributed by atoms with Crippen molar-refractivity contribution < 1.29 is 18.3 Å². The van der Waals surface area contributed by atoms with Crippen LogP contribution in [0.5, 0.6) is 5.75 Å². The van der Waals surface area contributed by atoms with E-state index < -0.39 is 11.7 Å². The van der Waals surface area contributed by atoms with Gasteiger partial charge >= 0.3 is 6.18 Å². The van der Waals surface area contributed by atoms with Gasteiger partial charge in [-0.25, -0.2) is 0 Å². The lowest BCUT2D eigenvalue weighted by atomic mass is 9.79. The number of rotatable bonds is 1. The standard InChI is InChI=1S/C20H20F3NO/c1-24-9-3-6-16-18(12-4-2-5-13(10-12)20(21,22)23)15-8-7-14(25)11-17(15)19(16)24/h2,4-5,7-8,10-11,16,18-19,25H,3,6,9H2,1H3. The van der Waals surface area contributed by atoms with Crippen LogP contribution in [0.15, 0.2) is 42.5 Å². The van der Waals surface area contributed by atoms with Gasteiger partial charge in [-0.05, 0) is 67.2 Å². The quantitative estimate of drug-likeness (QED) is 0.790. The third-order valence-electron chi connectivity index (χ3n) is 5.65. The van der Waals surface area contributed by atoms with Gasteiger partial charge in [-0.2, -0.15) is 13.2 Å². The normalized spacial score (nSPS) is 26.3. The Kier molecular flexibility index (Phi) is 3.80. The molecule has 0 aromatic heterocycles. The van der Waals surface area contributed by atoms with Crippen molar-refractivity contribution in [3.8, 4) is 5.75 Å². The van der Waals surface area contributed by atoms with Crippen molar-refractivity contribution in [2.45, 2.75) is 31.0 Å². The topological polar surface area (TPSA) is 23.5 Å². The second-order valence-electron chi connectivity index (χ2n) is 7.15. The molecule has 2 aromatic rings. The molecule has 0 radical (unpaired) electrons. The fraction of sp³-hybridized carbons (Fsp3) is 0.400. The molecule has 0 amide bonds. The molecule has 132 valence electrons. The van der Waals surface area contributed by atoms with Crippen molar-refractivity contribution in [1.29, 1.82) is 0 Å². The minimum Gasteiger partial charge on any atom is -0.508 e. The summed E-state index contributed by atoms with van der Waals surface area (Å²) in [5.41, 5.74) is 2.21. The molecule has 1 aliphatic heterocycles. The van der Waals surface area contributed by atoms with Gasteiger partial charge in [0.25, 0.3) is 0 Å². The van der Waals surface area contributed by atoms with Crippen LogP contribution >= 0.6 is 0 Å². The van der Waals surface area contributed by atoms with Gasteiger partial charge in [-0.1, -0.05) is 24.3 Å². The molecule has 4 rings (SSSR count). The monoisotopic (exact) mass is 347 g/mol. The van der Waals surface area contributed by atoms with Gasteiger partial charge in [0.1, 0.15) is 5.75 Å². The summed E-state index contributed by atoms with van der Waals surface area (Å²) in [6.45, 7) is 0.964. The molecule has 3 unspecified atom stereocenters. The summed E-state index contributed by atoms with van der Waals surface area (Å²) in [4.78, 5) is 2.26. The van der Waals surface area contributed by atoms with Crippen LogP contribution in [0.1, 0.15) is 47.1 Å². The molecule has 3 atom stereocenters. The first-order chi connectivity index (χ1) is 11.9. The summed E-state index contributed by atoms with van der Waals surface area (Å²) in [5.74, 6) is 0.380. The Morgan fingerprint density at radius 3 is 2.64 bits per heavy atom. The molecule has 5 heteroatoms. The average Bonchev–Trinajstić information content (AvgIpc) is 2.89. The summed E-state index contributed by atoms with van der Waals surface area (Å²) < 4.78 is 39.5. The SMILES string of the molecule is CN1CCCC2C(c3cccc(C(F)(F)F)c3)c3ccc(O)cc3C21. The first kappa shape index (κ1) is 16.5. The summed E-state index contributed by atoms with van der Waals surface area (Å²) in [6, 6.07) is 11.2. The van der Waals surface area contributed by atoms with Crippen molar-refractivity contribution in [3.63, 3.8) is 0 Å². The zero-order chi connectivity index (χ0) is 17.8. The number of piperidine rings is 1. The van der Waals surface area contributed by atoms with Crippen molar-refractivity contribution in [3.05, 3.63) is 64.7 Å². The number of likely N-dealkylation sites (tertiary alicyclic amines) is 1. The van der Waals surface area contributed by atoms with Crippen LogP contribution in [0.2, 0.25) is 0 Å². The fourth-order valence-electron chi connectivity index (χ4n) is 4.68. The van der Waals surface area contributed by atoms with Crippen LogP contribution < -0.4 is 0 Å². The molecule has 2 aromatic carbocycles. The van der Waals surface area contributed by atoms with Crippen LogP contribution in [0, 0.1) is 5.92 Å². The highest BCUT2D eigenvalue weighted by Gasteiger charge is 2.45. The van der Waals surface area contributed by atoms with Crippen LogP contribution in [0.25, 0.3) is 0 Å². The molecule has 1 heterocycles. The van der Waals surface area contributed by atoms with E-state index in [4.69, 9.17) is 0 Å². The molecule has 2 aliphatic rings. The number of benzene rings is 2. The van der Waals surface area contributed by atoms with Crippen molar-refractivity contribution >= 4 is 0 Å². The van der Waals surface area contributed by atoms with E-state index in [2.05, 4.69) is 11.9 Å².